The Hall–Kier alpha value is -4.06. The predicted octanol–water partition coefficient (Wildman–Crippen LogP) is 5.07. The topological polar surface area (TPSA) is 73.5 Å². The summed E-state index contributed by atoms with van der Waals surface area (Å²) >= 11 is 0. The maximum absolute atomic E-state index is 6.50. The van der Waals surface area contributed by atoms with Crippen LogP contribution in [-0.4, -0.2) is 17.1 Å². The van der Waals surface area contributed by atoms with Crippen molar-refractivity contribution in [2.45, 2.75) is 13.1 Å². The fourth-order valence-corrected chi connectivity index (χ4v) is 3.32. The first-order chi connectivity index (χ1) is 15.2. The number of nitrogens with two attached hydrogens (primary N) is 1. The predicted molar refractivity (Wildman–Crippen MR) is 122 cm³/mol. The molecule has 4 rings (SSSR count). The summed E-state index contributed by atoms with van der Waals surface area (Å²) in [4.78, 5) is 10.9. The lowest BCUT2D eigenvalue weighted by Gasteiger charge is -2.25. The van der Waals surface area contributed by atoms with Crippen LogP contribution in [-0.2, 0) is 13.1 Å². The summed E-state index contributed by atoms with van der Waals surface area (Å²) in [5, 5.41) is 0. The molecular weight excluding hydrogens is 388 g/mol. The Morgan fingerprint density at radius 2 is 1.29 bits per heavy atom. The summed E-state index contributed by atoms with van der Waals surface area (Å²) in [6.07, 6.45) is 1.47. The minimum absolute atomic E-state index is 0.292. The average molecular weight is 412 g/mol. The van der Waals surface area contributed by atoms with Crippen molar-refractivity contribution in [1.29, 1.82) is 0 Å². The van der Waals surface area contributed by atoms with E-state index >= 15 is 0 Å². The molecule has 0 aliphatic heterocycles. The lowest BCUT2D eigenvalue weighted by atomic mass is 10.1. The van der Waals surface area contributed by atoms with E-state index in [4.69, 9.17) is 15.2 Å². The van der Waals surface area contributed by atoms with Crippen LogP contribution in [0, 0.1) is 0 Å². The third kappa shape index (κ3) is 4.93. The van der Waals surface area contributed by atoms with Crippen LogP contribution in [0.4, 0.5) is 11.5 Å². The highest BCUT2D eigenvalue weighted by molar-refractivity contribution is 5.68. The van der Waals surface area contributed by atoms with Crippen LogP contribution in [0.5, 0.6) is 17.4 Å². The van der Waals surface area contributed by atoms with Crippen molar-refractivity contribution in [3.8, 4) is 17.4 Å². The van der Waals surface area contributed by atoms with Crippen molar-refractivity contribution in [3.05, 3.63) is 102 Å². The fourth-order valence-electron chi connectivity index (χ4n) is 3.32. The van der Waals surface area contributed by atoms with Crippen LogP contribution in [0.15, 0.2) is 91.3 Å². The molecule has 0 spiro atoms. The van der Waals surface area contributed by atoms with Gasteiger partial charge in [-0.25, -0.2) is 4.98 Å². The molecule has 2 N–H and O–H groups in total. The average Bonchev–Trinajstić information content (AvgIpc) is 2.82. The van der Waals surface area contributed by atoms with Crippen molar-refractivity contribution in [3.63, 3.8) is 0 Å². The molecule has 6 heteroatoms. The fraction of sp³-hybridized carbons (Fsp3) is 0.120. The molecule has 3 aromatic carbocycles. The highest BCUT2D eigenvalue weighted by Gasteiger charge is 2.18. The normalized spacial score (nSPS) is 10.5. The van der Waals surface area contributed by atoms with Gasteiger partial charge >= 0.3 is 0 Å². The van der Waals surface area contributed by atoms with Crippen molar-refractivity contribution in [2.24, 2.45) is 0 Å². The molecule has 0 saturated carbocycles. The summed E-state index contributed by atoms with van der Waals surface area (Å²) < 4.78 is 11.4. The molecule has 0 radical (unpaired) electrons. The third-order valence-corrected chi connectivity index (χ3v) is 4.83. The second-order valence-electron chi connectivity index (χ2n) is 7.00. The number of para-hydroxylation sites is 2. The first-order valence-corrected chi connectivity index (χ1v) is 9.98. The number of ether oxygens (including phenoxy) is 2. The zero-order chi connectivity index (χ0) is 21.5. The third-order valence-electron chi connectivity index (χ3n) is 4.83. The van der Waals surface area contributed by atoms with Crippen LogP contribution in [0.3, 0.4) is 0 Å². The van der Waals surface area contributed by atoms with E-state index in [0.717, 1.165) is 11.1 Å². The molecule has 31 heavy (non-hydrogen) atoms. The SMILES string of the molecule is COc1ccccc1Oc1ncnc(N(Cc2ccccc2)Cc2ccccc2)c1N. The second-order valence-corrected chi connectivity index (χ2v) is 7.00. The van der Waals surface area contributed by atoms with Gasteiger partial charge in [0.15, 0.2) is 17.3 Å². The van der Waals surface area contributed by atoms with E-state index in [1.807, 2.05) is 60.7 Å². The van der Waals surface area contributed by atoms with Crippen molar-refractivity contribution in [1.82, 2.24) is 9.97 Å². The molecule has 156 valence electrons. The molecule has 6 nitrogen and oxygen atoms in total. The molecule has 0 aliphatic carbocycles. The minimum atomic E-state index is 0.292. The number of rotatable bonds is 8. The highest BCUT2D eigenvalue weighted by Crippen LogP contribution is 2.36. The number of anilines is 2. The van der Waals surface area contributed by atoms with Crippen LogP contribution in [0.2, 0.25) is 0 Å². The second kappa shape index (κ2) is 9.63. The molecule has 0 atom stereocenters. The zero-order valence-corrected chi connectivity index (χ0v) is 17.3. The number of hydrogen-bond acceptors (Lipinski definition) is 6. The van der Waals surface area contributed by atoms with Gasteiger partial charge in [-0.1, -0.05) is 72.8 Å². The van der Waals surface area contributed by atoms with Gasteiger partial charge in [-0.2, -0.15) is 4.98 Å². The number of methoxy groups -OCH3 is 1. The van der Waals surface area contributed by atoms with E-state index in [1.165, 1.54) is 6.33 Å². The Morgan fingerprint density at radius 3 is 1.87 bits per heavy atom. The van der Waals surface area contributed by atoms with E-state index in [2.05, 4.69) is 39.1 Å². The summed E-state index contributed by atoms with van der Waals surface area (Å²) in [6.45, 7) is 1.29. The van der Waals surface area contributed by atoms with Gasteiger partial charge in [0.05, 0.1) is 7.11 Å². The van der Waals surface area contributed by atoms with Crippen LogP contribution in [0.25, 0.3) is 0 Å². The maximum Gasteiger partial charge on any atom is 0.248 e. The number of hydrogen-bond donors (Lipinski definition) is 1. The lowest BCUT2D eigenvalue weighted by Crippen LogP contribution is -2.24. The van der Waals surface area contributed by atoms with Gasteiger partial charge in [0.25, 0.3) is 0 Å². The van der Waals surface area contributed by atoms with Crippen LogP contribution in [0.1, 0.15) is 11.1 Å². The molecule has 0 unspecified atom stereocenters. The molecule has 4 aromatic rings. The number of benzene rings is 3. The Morgan fingerprint density at radius 1 is 0.742 bits per heavy atom. The van der Waals surface area contributed by atoms with Crippen molar-refractivity contribution in [2.75, 3.05) is 17.7 Å². The monoisotopic (exact) mass is 412 g/mol. The summed E-state index contributed by atoms with van der Waals surface area (Å²) in [5.74, 6) is 2.06. The van der Waals surface area contributed by atoms with Gasteiger partial charge in [-0.05, 0) is 23.3 Å². The van der Waals surface area contributed by atoms with Crippen LogP contribution < -0.4 is 20.1 Å². The number of nitrogens with zero attached hydrogens (tertiary/aromatic N) is 3. The molecule has 0 fully saturated rings. The lowest BCUT2D eigenvalue weighted by molar-refractivity contribution is 0.374. The molecule has 0 saturated heterocycles. The summed E-state index contributed by atoms with van der Waals surface area (Å²) in [5.41, 5.74) is 9.19. The van der Waals surface area contributed by atoms with Crippen molar-refractivity contribution >= 4 is 11.5 Å². The Kier molecular flexibility index (Phi) is 6.28. The standard InChI is InChI=1S/C25H24N4O2/c1-30-21-14-8-9-15-22(21)31-25-23(26)24(27-18-28-25)29(16-19-10-4-2-5-11-19)17-20-12-6-3-7-13-20/h2-15,18H,16-17,26H2,1H3. The van der Waals surface area contributed by atoms with Gasteiger partial charge in [0.2, 0.25) is 5.88 Å². The Balaban J connectivity index is 1.68. The van der Waals surface area contributed by atoms with E-state index < -0.39 is 0 Å². The van der Waals surface area contributed by atoms with E-state index in [9.17, 15) is 0 Å². The molecule has 0 bridgehead atoms. The molecule has 0 aliphatic rings. The zero-order valence-electron chi connectivity index (χ0n) is 17.3. The summed E-state index contributed by atoms with van der Waals surface area (Å²) in [7, 11) is 1.60. The first-order valence-electron chi connectivity index (χ1n) is 9.98. The number of aromatic nitrogens is 2. The van der Waals surface area contributed by atoms with Gasteiger partial charge in [0, 0.05) is 13.1 Å². The Labute approximate surface area is 181 Å². The van der Waals surface area contributed by atoms with Gasteiger partial charge in [0.1, 0.15) is 12.0 Å². The quantitative estimate of drug-likeness (QED) is 0.436. The van der Waals surface area contributed by atoms with Crippen LogP contribution >= 0.6 is 0 Å². The van der Waals surface area contributed by atoms with E-state index in [0.29, 0.717) is 42.0 Å². The van der Waals surface area contributed by atoms with Gasteiger partial charge in [-0.3, -0.25) is 0 Å². The molecular formula is C25H24N4O2. The highest BCUT2D eigenvalue weighted by atomic mass is 16.5. The molecule has 0 amide bonds. The smallest absolute Gasteiger partial charge is 0.248 e. The number of nitrogen functional groups attached to an aromatic ring is 1. The van der Waals surface area contributed by atoms with Crippen molar-refractivity contribution < 1.29 is 9.47 Å². The molecule has 1 aromatic heterocycles. The first kappa shape index (κ1) is 20.2. The van der Waals surface area contributed by atoms with E-state index in [-0.39, 0.29) is 0 Å². The summed E-state index contributed by atoms with van der Waals surface area (Å²) in [6, 6.07) is 27.8. The van der Waals surface area contributed by atoms with E-state index in [1.54, 1.807) is 7.11 Å². The Bertz CT molecular complexity index is 1080. The minimum Gasteiger partial charge on any atom is -0.493 e. The largest absolute Gasteiger partial charge is 0.493 e. The maximum atomic E-state index is 6.50. The van der Waals surface area contributed by atoms with Gasteiger partial charge < -0.3 is 20.1 Å². The molecule has 1 heterocycles. The van der Waals surface area contributed by atoms with Gasteiger partial charge in [-0.15, -0.1) is 0 Å².